The third kappa shape index (κ3) is 4.88. The summed E-state index contributed by atoms with van der Waals surface area (Å²) in [4.78, 5) is 12.1. The molecule has 0 heterocycles. The number of rotatable bonds is 5. The Kier molecular flexibility index (Phi) is 5.41. The van der Waals surface area contributed by atoms with Gasteiger partial charge in [-0.25, -0.2) is 0 Å². The number of benzene rings is 2. The van der Waals surface area contributed by atoms with Crippen LogP contribution in [0.5, 0.6) is 11.5 Å². The van der Waals surface area contributed by atoms with Gasteiger partial charge in [0.25, 0.3) is 0 Å². The van der Waals surface area contributed by atoms with Gasteiger partial charge in [0.2, 0.25) is 5.91 Å². The van der Waals surface area contributed by atoms with E-state index in [1.165, 1.54) is 6.08 Å². The summed E-state index contributed by atoms with van der Waals surface area (Å²) in [6.45, 7) is 4.00. The molecule has 0 fully saturated rings. The zero-order valence-electron chi connectivity index (χ0n) is 13.8. The summed E-state index contributed by atoms with van der Waals surface area (Å²) >= 11 is 0. The number of anilines is 1. The molecule has 0 unspecified atom stereocenters. The summed E-state index contributed by atoms with van der Waals surface area (Å²) in [6.07, 6.45) is 3.22. The van der Waals surface area contributed by atoms with Crippen molar-refractivity contribution in [2.24, 2.45) is 0 Å². The van der Waals surface area contributed by atoms with E-state index in [0.29, 0.717) is 11.5 Å². The van der Waals surface area contributed by atoms with Crippen molar-refractivity contribution >= 4 is 17.7 Å². The molecular formula is C19H21NO3. The molecule has 2 rings (SSSR count). The Morgan fingerprint density at radius 2 is 1.48 bits per heavy atom. The van der Waals surface area contributed by atoms with E-state index >= 15 is 0 Å². The maximum absolute atomic E-state index is 12.1. The molecule has 1 amide bonds. The van der Waals surface area contributed by atoms with Gasteiger partial charge >= 0.3 is 0 Å². The maximum Gasteiger partial charge on any atom is 0.248 e. The summed E-state index contributed by atoms with van der Waals surface area (Å²) in [5, 5.41) is 2.86. The maximum atomic E-state index is 12.1. The molecule has 0 bridgehead atoms. The summed E-state index contributed by atoms with van der Waals surface area (Å²) in [5.74, 6) is 1.18. The predicted molar refractivity (Wildman–Crippen MR) is 93.1 cm³/mol. The smallest absolute Gasteiger partial charge is 0.248 e. The number of carbonyl (C=O) groups excluding carboxylic acids is 1. The number of carbonyl (C=O) groups is 1. The van der Waals surface area contributed by atoms with Crippen LogP contribution in [0.15, 0.2) is 42.5 Å². The third-order valence-corrected chi connectivity index (χ3v) is 3.29. The van der Waals surface area contributed by atoms with Crippen molar-refractivity contribution in [2.45, 2.75) is 13.8 Å². The molecule has 120 valence electrons. The van der Waals surface area contributed by atoms with E-state index in [1.807, 2.05) is 38.1 Å². The van der Waals surface area contributed by atoms with Crippen molar-refractivity contribution in [3.8, 4) is 11.5 Å². The van der Waals surface area contributed by atoms with Gasteiger partial charge in [-0.2, -0.15) is 0 Å². The van der Waals surface area contributed by atoms with Gasteiger partial charge in [-0.1, -0.05) is 6.07 Å². The number of hydrogen-bond donors (Lipinski definition) is 1. The molecule has 0 aliphatic heterocycles. The summed E-state index contributed by atoms with van der Waals surface area (Å²) in [6, 6.07) is 11.4. The van der Waals surface area contributed by atoms with Crippen LogP contribution in [0.2, 0.25) is 0 Å². The first-order valence-electron chi connectivity index (χ1n) is 7.30. The topological polar surface area (TPSA) is 47.6 Å². The molecule has 4 nitrogen and oxygen atoms in total. The molecule has 1 N–H and O–H groups in total. The summed E-state index contributed by atoms with van der Waals surface area (Å²) < 4.78 is 10.4. The highest BCUT2D eigenvalue weighted by molar-refractivity contribution is 6.02. The summed E-state index contributed by atoms with van der Waals surface area (Å²) in [5.41, 5.74) is 3.85. The molecule has 4 heteroatoms. The standard InChI is InChI=1S/C19H21NO3/c1-13-7-14(2)9-16(8-13)20-19(21)6-5-15-10-17(22-3)12-18(11-15)23-4/h5-12H,1-4H3,(H,20,21)/b6-5+. The molecule has 0 spiro atoms. The van der Waals surface area contributed by atoms with Gasteiger partial charge < -0.3 is 14.8 Å². The monoisotopic (exact) mass is 311 g/mol. The minimum absolute atomic E-state index is 0.184. The van der Waals surface area contributed by atoms with Crippen LogP contribution in [0.1, 0.15) is 16.7 Å². The van der Waals surface area contributed by atoms with Gasteiger partial charge in [0.05, 0.1) is 14.2 Å². The first-order chi connectivity index (χ1) is 11.0. The van der Waals surface area contributed by atoms with E-state index in [0.717, 1.165) is 22.4 Å². The number of aryl methyl sites for hydroxylation is 2. The van der Waals surface area contributed by atoms with Crippen LogP contribution >= 0.6 is 0 Å². The highest BCUT2D eigenvalue weighted by atomic mass is 16.5. The molecule has 0 aliphatic rings. The second-order valence-corrected chi connectivity index (χ2v) is 5.34. The zero-order valence-corrected chi connectivity index (χ0v) is 13.8. The molecule has 2 aromatic carbocycles. The molecule has 23 heavy (non-hydrogen) atoms. The molecule has 2 aromatic rings. The van der Waals surface area contributed by atoms with Crippen LogP contribution in [-0.4, -0.2) is 20.1 Å². The fourth-order valence-corrected chi connectivity index (χ4v) is 2.33. The van der Waals surface area contributed by atoms with E-state index in [-0.39, 0.29) is 5.91 Å². The summed E-state index contributed by atoms with van der Waals surface area (Å²) in [7, 11) is 3.18. The highest BCUT2D eigenvalue weighted by Crippen LogP contribution is 2.23. The average Bonchev–Trinajstić information content (AvgIpc) is 2.51. The van der Waals surface area contributed by atoms with E-state index < -0.39 is 0 Å². The zero-order chi connectivity index (χ0) is 16.8. The molecule has 0 saturated heterocycles. The van der Waals surface area contributed by atoms with Gasteiger partial charge in [-0.05, 0) is 60.9 Å². The van der Waals surface area contributed by atoms with E-state index in [4.69, 9.17) is 9.47 Å². The Bertz CT molecular complexity index is 693. The normalized spacial score (nSPS) is 10.6. The third-order valence-electron chi connectivity index (χ3n) is 3.29. The fraction of sp³-hybridized carbons (Fsp3) is 0.211. The second kappa shape index (κ2) is 7.49. The molecule has 0 aliphatic carbocycles. The van der Waals surface area contributed by atoms with Crippen LogP contribution < -0.4 is 14.8 Å². The quantitative estimate of drug-likeness (QED) is 0.850. The molecule has 0 atom stereocenters. The fourth-order valence-electron chi connectivity index (χ4n) is 2.33. The number of ether oxygens (including phenoxy) is 2. The molecule has 0 radical (unpaired) electrons. The minimum atomic E-state index is -0.184. The first-order valence-corrected chi connectivity index (χ1v) is 7.30. The second-order valence-electron chi connectivity index (χ2n) is 5.34. The van der Waals surface area contributed by atoms with Crippen molar-refractivity contribution < 1.29 is 14.3 Å². The van der Waals surface area contributed by atoms with Crippen LogP contribution in [0, 0.1) is 13.8 Å². The number of amides is 1. The van der Waals surface area contributed by atoms with Crippen molar-refractivity contribution in [3.05, 3.63) is 59.2 Å². The molecule has 0 saturated carbocycles. The number of nitrogens with one attached hydrogen (secondary N) is 1. The Morgan fingerprint density at radius 1 is 0.913 bits per heavy atom. The molecular weight excluding hydrogens is 290 g/mol. The van der Waals surface area contributed by atoms with Crippen LogP contribution in [-0.2, 0) is 4.79 Å². The van der Waals surface area contributed by atoms with Gasteiger partial charge in [0.15, 0.2) is 0 Å². The van der Waals surface area contributed by atoms with Crippen molar-refractivity contribution in [1.82, 2.24) is 0 Å². The lowest BCUT2D eigenvalue weighted by Gasteiger charge is -2.06. The van der Waals surface area contributed by atoms with Crippen LogP contribution in [0.3, 0.4) is 0 Å². The van der Waals surface area contributed by atoms with E-state index in [1.54, 1.807) is 26.4 Å². The van der Waals surface area contributed by atoms with Crippen molar-refractivity contribution in [2.75, 3.05) is 19.5 Å². The Morgan fingerprint density at radius 3 is 2.00 bits per heavy atom. The lowest BCUT2D eigenvalue weighted by atomic mass is 10.1. The van der Waals surface area contributed by atoms with Crippen LogP contribution in [0.25, 0.3) is 6.08 Å². The Balaban J connectivity index is 2.11. The predicted octanol–water partition coefficient (Wildman–Crippen LogP) is 3.97. The Labute approximate surface area is 136 Å². The van der Waals surface area contributed by atoms with Crippen LogP contribution in [0.4, 0.5) is 5.69 Å². The first kappa shape index (κ1) is 16.6. The lowest BCUT2D eigenvalue weighted by molar-refractivity contribution is -0.111. The van der Waals surface area contributed by atoms with E-state index in [9.17, 15) is 4.79 Å². The number of hydrogen-bond acceptors (Lipinski definition) is 3. The van der Waals surface area contributed by atoms with Gasteiger partial charge in [0, 0.05) is 17.8 Å². The van der Waals surface area contributed by atoms with Crippen molar-refractivity contribution in [3.63, 3.8) is 0 Å². The molecule has 0 aromatic heterocycles. The minimum Gasteiger partial charge on any atom is -0.497 e. The Hall–Kier alpha value is -2.75. The largest absolute Gasteiger partial charge is 0.497 e. The SMILES string of the molecule is COc1cc(/C=C/C(=O)Nc2cc(C)cc(C)c2)cc(OC)c1. The van der Waals surface area contributed by atoms with Gasteiger partial charge in [-0.15, -0.1) is 0 Å². The van der Waals surface area contributed by atoms with Gasteiger partial charge in [0.1, 0.15) is 11.5 Å². The average molecular weight is 311 g/mol. The van der Waals surface area contributed by atoms with E-state index in [2.05, 4.69) is 11.4 Å². The van der Waals surface area contributed by atoms with Crippen molar-refractivity contribution in [1.29, 1.82) is 0 Å². The van der Waals surface area contributed by atoms with Gasteiger partial charge in [-0.3, -0.25) is 4.79 Å². The lowest BCUT2D eigenvalue weighted by Crippen LogP contribution is -2.08. The number of methoxy groups -OCH3 is 2. The highest BCUT2D eigenvalue weighted by Gasteiger charge is 2.02.